The van der Waals surface area contributed by atoms with Gasteiger partial charge < -0.3 is 0 Å². The molecule has 7 heteroatoms. The summed E-state index contributed by atoms with van der Waals surface area (Å²) in [5, 5.41) is 0.0371. The molecule has 14 heavy (non-hydrogen) atoms. The summed E-state index contributed by atoms with van der Waals surface area (Å²) in [4.78, 5) is 16.3. The van der Waals surface area contributed by atoms with Gasteiger partial charge in [0.25, 0.3) is 5.95 Å². The highest BCUT2D eigenvalue weighted by molar-refractivity contribution is 6.31. The summed E-state index contributed by atoms with van der Waals surface area (Å²) in [6, 6.07) is 0. The molecule has 0 atom stereocenters. The summed E-state index contributed by atoms with van der Waals surface area (Å²) >= 11 is 11.1. The van der Waals surface area contributed by atoms with Gasteiger partial charge in [0.05, 0.1) is 5.60 Å². The number of anilines is 1. The summed E-state index contributed by atoms with van der Waals surface area (Å²) in [6.07, 6.45) is 0. The van der Waals surface area contributed by atoms with Crippen LogP contribution in [0.2, 0.25) is 10.6 Å². The van der Waals surface area contributed by atoms with E-state index in [0.717, 1.165) is 0 Å². The van der Waals surface area contributed by atoms with Gasteiger partial charge in [-0.1, -0.05) is 0 Å². The standard InChI is InChI=1S/C7H10Cl2N4O/c1-7(2,3)14-13-6-11-4(8)10-5(9)12-6/h1-3H3,(H,10,11,12,13). The van der Waals surface area contributed by atoms with E-state index in [0.29, 0.717) is 0 Å². The van der Waals surface area contributed by atoms with Gasteiger partial charge in [-0.3, -0.25) is 4.84 Å². The van der Waals surface area contributed by atoms with Crippen molar-refractivity contribution in [1.82, 2.24) is 15.0 Å². The molecule has 1 rings (SSSR count). The molecule has 1 aromatic rings. The molecule has 0 aliphatic heterocycles. The number of hydrogen-bond donors (Lipinski definition) is 1. The Kier molecular flexibility index (Phi) is 3.47. The van der Waals surface area contributed by atoms with Crippen molar-refractivity contribution in [3.63, 3.8) is 0 Å². The molecule has 0 aromatic carbocycles. The number of hydrogen-bond acceptors (Lipinski definition) is 5. The van der Waals surface area contributed by atoms with Gasteiger partial charge in [-0.05, 0) is 44.0 Å². The third kappa shape index (κ3) is 4.04. The number of halogens is 2. The van der Waals surface area contributed by atoms with E-state index in [1.165, 1.54) is 0 Å². The lowest BCUT2D eigenvalue weighted by atomic mass is 10.2. The number of rotatable bonds is 2. The minimum absolute atomic E-state index is 0.0185. The van der Waals surface area contributed by atoms with E-state index < -0.39 is 0 Å². The molecule has 1 aromatic heterocycles. The molecule has 0 bridgehead atoms. The van der Waals surface area contributed by atoms with Crippen LogP contribution in [0.3, 0.4) is 0 Å². The average Bonchev–Trinajstić information content (AvgIpc) is 1.97. The highest BCUT2D eigenvalue weighted by Gasteiger charge is 2.12. The van der Waals surface area contributed by atoms with Crippen LogP contribution < -0.4 is 5.48 Å². The van der Waals surface area contributed by atoms with Gasteiger partial charge in [-0.15, -0.1) is 0 Å². The molecular formula is C7H10Cl2N4O. The van der Waals surface area contributed by atoms with Crippen LogP contribution in [0.5, 0.6) is 0 Å². The van der Waals surface area contributed by atoms with Crippen molar-refractivity contribution >= 4 is 29.2 Å². The molecule has 1 heterocycles. The lowest BCUT2D eigenvalue weighted by Gasteiger charge is -2.18. The van der Waals surface area contributed by atoms with Crippen LogP contribution in [0.1, 0.15) is 20.8 Å². The van der Waals surface area contributed by atoms with Gasteiger partial charge in [0.1, 0.15) is 0 Å². The van der Waals surface area contributed by atoms with Gasteiger partial charge in [-0.25, -0.2) is 5.48 Å². The molecular weight excluding hydrogens is 227 g/mol. The maximum Gasteiger partial charge on any atom is 0.252 e. The van der Waals surface area contributed by atoms with Crippen molar-refractivity contribution in [3.8, 4) is 0 Å². The molecule has 0 radical (unpaired) electrons. The van der Waals surface area contributed by atoms with Crippen LogP contribution in [0.25, 0.3) is 0 Å². The predicted molar refractivity (Wildman–Crippen MR) is 54.3 cm³/mol. The van der Waals surface area contributed by atoms with Gasteiger partial charge >= 0.3 is 0 Å². The zero-order valence-corrected chi connectivity index (χ0v) is 9.52. The molecule has 0 saturated carbocycles. The molecule has 0 fully saturated rings. The van der Waals surface area contributed by atoms with E-state index in [2.05, 4.69) is 20.4 Å². The van der Waals surface area contributed by atoms with Crippen LogP contribution in [-0.4, -0.2) is 20.6 Å². The molecule has 78 valence electrons. The lowest BCUT2D eigenvalue weighted by Crippen LogP contribution is -2.23. The van der Waals surface area contributed by atoms with E-state index in [9.17, 15) is 0 Å². The summed E-state index contributed by atoms with van der Waals surface area (Å²) in [5.41, 5.74) is 2.18. The van der Waals surface area contributed by atoms with Gasteiger partial charge in [0, 0.05) is 0 Å². The molecule has 1 N–H and O–H groups in total. The van der Waals surface area contributed by atoms with E-state index in [4.69, 9.17) is 28.0 Å². The van der Waals surface area contributed by atoms with Crippen LogP contribution in [0, 0.1) is 0 Å². The summed E-state index contributed by atoms with van der Waals surface area (Å²) < 4.78 is 0. The second-order valence-corrected chi connectivity index (χ2v) is 4.19. The number of aromatic nitrogens is 3. The molecule has 0 unspecified atom stereocenters. The molecule has 0 saturated heterocycles. The van der Waals surface area contributed by atoms with Crippen molar-refractivity contribution in [2.45, 2.75) is 26.4 Å². The monoisotopic (exact) mass is 236 g/mol. The maximum absolute atomic E-state index is 5.56. The normalized spacial score (nSPS) is 11.5. The van der Waals surface area contributed by atoms with E-state index in [1.807, 2.05) is 20.8 Å². The predicted octanol–water partition coefficient (Wildman–Crippen LogP) is 2.32. The van der Waals surface area contributed by atoms with E-state index in [1.54, 1.807) is 0 Å². The second kappa shape index (κ2) is 4.25. The first-order valence-corrected chi connectivity index (χ1v) is 4.63. The highest BCUT2D eigenvalue weighted by Crippen LogP contribution is 2.12. The van der Waals surface area contributed by atoms with Crippen LogP contribution >= 0.6 is 23.2 Å². The summed E-state index contributed by atoms with van der Waals surface area (Å²) in [5.74, 6) is 0.185. The Morgan fingerprint density at radius 1 is 1.07 bits per heavy atom. The van der Waals surface area contributed by atoms with Crippen molar-refractivity contribution in [3.05, 3.63) is 10.6 Å². The fourth-order valence-corrected chi connectivity index (χ4v) is 0.934. The average molecular weight is 237 g/mol. The minimum atomic E-state index is -0.356. The largest absolute Gasteiger partial charge is 0.268 e. The quantitative estimate of drug-likeness (QED) is 0.799. The minimum Gasteiger partial charge on any atom is -0.268 e. The van der Waals surface area contributed by atoms with Crippen molar-refractivity contribution < 1.29 is 4.84 Å². The third-order valence-corrected chi connectivity index (χ3v) is 1.37. The SMILES string of the molecule is CC(C)(C)ONc1nc(Cl)nc(Cl)n1. The fourth-order valence-electron chi connectivity index (χ4n) is 0.570. The second-order valence-electron chi connectivity index (χ2n) is 3.51. The molecule has 0 aliphatic rings. The summed E-state index contributed by atoms with van der Waals surface area (Å²) in [7, 11) is 0. The zero-order valence-electron chi connectivity index (χ0n) is 8.01. The molecule has 5 nitrogen and oxygen atoms in total. The van der Waals surface area contributed by atoms with Crippen molar-refractivity contribution in [2.75, 3.05) is 5.48 Å². The van der Waals surface area contributed by atoms with Crippen molar-refractivity contribution in [1.29, 1.82) is 0 Å². The first-order chi connectivity index (χ1) is 6.37. The van der Waals surface area contributed by atoms with Crippen LogP contribution in [0.15, 0.2) is 0 Å². The van der Waals surface area contributed by atoms with Crippen LogP contribution in [-0.2, 0) is 4.84 Å². The molecule has 0 amide bonds. The Hall–Kier alpha value is -0.650. The molecule has 0 aliphatic carbocycles. The van der Waals surface area contributed by atoms with E-state index >= 15 is 0 Å². The Morgan fingerprint density at radius 3 is 2.00 bits per heavy atom. The first kappa shape index (κ1) is 11.4. The van der Waals surface area contributed by atoms with Gasteiger partial charge in [0.2, 0.25) is 10.6 Å². The van der Waals surface area contributed by atoms with Gasteiger partial charge in [0.15, 0.2) is 0 Å². The molecule has 0 spiro atoms. The van der Waals surface area contributed by atoms with Crippen molar-refractivity contribution in [2.24, 2.45) is 0 Å². The summed E-state index contributed by atoms with van der Waals surface area (Å²) in [6.45, 7) is 5.64. The first-order valence-electron chi connectivity index (χ1n) is 3.88. The maximum atomic E-state index is 5.56. The van der Waals surface area contributed by atoms with E-state index in [-0.39, 0.29) is 22.1 Å². The Morgan fingerprint density at radius 2 is 1.57 bits per heavy atom. The third-order valence-electron chi connectivity index (χ3n) is 1.03. The topological polar surface area (TPSA) is 59.9 Å². The number of nitrogens with one attached hydrogen (secondary N) is 1. The lowest BCUT2D eigenvalue weighted by molar-refractivity contribution is 0.0358. The highest BCUT2D eigenvalue weighted by atomic mass is 35.5. The van der Waals surface area contributed by atoms with Gasteiger partial charge in [-0.2, -0.15) is 15.0 Å². The Balaban J connectivity index is 2.68. The smallest absolute Gasteiger partial charge is 0.252 e. The van der Waals surface area contributed by atoms with Crippen LogP contribution in [0.4, 0.5) is 5.95 Å². The number of nitrogens with zero attached hydrogens (tertiary/aromatic N) is 3. The fraction of sp³-hybridized carbons (Fsp3) is 0.571. The zero-order chi connectivity index (χ0) is 10.8. The Bertz CT molecular complexity index is 306. The Labute approximate surface area is 91.8 Å².